The van der Waals surface area contributed by atoms with Crippen LogP contribution in [0, 0.1) is 0 Å². The fraction of sp³-hybridized carbons (Fsp3) is 0.919. The molecule has 420 valence electrons. The van der Waals surface area contributed by atoms with E-state index in [4.69, 9.17) is 18.9 Å². The van der Waals surface area contributed by atoms with Gasteiger partial charge in [0.05, 0.1) is 34.4 Å². The maximum absolute atomic E-state index is 12.8. The van der Waals surface area contributed by atoms with Gasteiger partial charge in [0.15, 0.2) is 6.10 Å². The highest BCUT2D eigenvalue weighted by Crippen LogP contribution is 2.18. The Balaban J connectivity index is 3.86. The molecular weight excluding hydrogens is 887 g/mol. The Kier molecular flexibility index (Phi) is 52.8. The van der Waals surface area contributed by atoms with E-state index >= 15 is 0 Å². The van der Waals surface area contributed by atoms with E-state index in [0.29, 0.717) is 17.4 Å². The number of esters is 2. The number of quaternary nitrogens is 1. The van der Waals surface area contributed by atoms with Crippen molar-refractivity contribution in [2.24, 2.45) is 0 Å². The summed E-state index contributed by atoms with van der Waals surface area (Å²) in [5.41, 5.74) is 0. The molecule has 0 aromatic heterocycles. The second-order valence-corrected chi connectivity index (χ2v) is 22.4. The molecule has 0 rings (SSSR count). The Morgan fingerprint density at radius 1 is 0.408 bits per heavy atom. The molecule has 0 aliphatic rings. The average molecular weight is 1010 g/mol. The Bertz CT molecular complexity index is 1170. The van der Waals surface area contributed by atoms with Gasteiger partial charge in [-0.25, -0.2) is 4.79 Å². The molecule has 0 spiro atoms. The Morgan fingerprint density at radius 2 is 0.718 bits per heavy atom. The zero-order valence-electron chi connectivity index (χ0n) is 47.9. The molecule has 1 N–H and O–H groups in total. The summed E-state index contributed by atoms with van der Waals surface area (Å²) in [5, 5.41) is 9.66. The lowest BCUT2D eigenvalue weighted by atomic mass is 10.0. The van der Waals surface area contributed by atoms with Gasteiger partial charge < -0.3 is 28.5 Å². The number of carboxylic acid groups (broad SMARTS) is 1. The van der Waals surface area contributed by atoms with Gasteiger partial charge in [-0.05, 0) is 38.5 Å². The molecule has 2 atom stereocenters. The van der Waals surface area contributed by atoms with Gasteiger partial charge in [-0.3, -0.25) is 9.59 Å². The zero-order chi connectivity index (χ0) is 52.0. The lowest BCUT2D eigenvalue weighted by Crippen LogP contribution is -2.40. The van der Waals surface area contributed by atoms with Crippen LogP contribution in [0.5, 0.6) is 0 Å². The van der Waals surface area contributed by atoms with E-state index in [2.05, 4.69) is 26.0 Å². The quantitative estimate of drug-likeness (QED) is 0.0211. The zero-order valence-corrected chi connectivity index (χ0v) is 47.9. The molecule has 9 nitrogen and oxygen atoms in total. The summed E-state index contributed by atoms with van der Waals surface area (Å²) in [7, 11) is 5.97. The molecule has 0 aliphatic heterocycles. The molecule has 0 fully saturated rings. The average Bonchev–Trinajstić information content (AvgIpc) is 3.34. The van der Waals surface area contributed by atoms with Crippen LogP contribution in [0.3, 0.4) is 0 Å². The third kappa shape index (κ3) is 55.6. The largest absolute Gasteiger partial charge is 0.477 e. The van der Waals surface area contributed by atoms with E-state index in [9.17, 15) is 19.5 Å². The molecule has 71 heavy (non-hydrogen) atoms. The Hall–Kier alpha value is -1.97. The van der Waals surface area contributed by atoms with Gasteiger partial charge in [-0.1, -0.05) is 270 Å². The molecule has 0 saturated carbocycles. The van der Waals surface area contributed by atoms with Gasteiger partial charge in [0.1, 0.15) is 13.2 Å². The van der Waals surface area contributed by atoms with Crippen molar-refractivity contribution in [2.45, 2.75) is 322 Å². The maximum Gasteiger partial charge on any atom is 0.361 e. The summed E-state index contributed by atoms with van der Waals surface area (Å²) in [6.07, 6.45) is 60.6. The fourth-order valence-corrected chi connectivity index (χ4v) is 9.25. The predicted octanol–water partition coefficient (Wildman–Crippen LogP) is 18.1. The molecule has 0 radical (unpaired) electrons. The van der Waals surface area contributed by atoms with Gasteiger partial charge >= 0.3 is 17.9 Å². The number of aliphatic carboxylic acids is 1. The summed E-state index contributed by atoms with van der Waals surface area (Å²) < 4.78 is 22.8. The van der Waals surface area contributed by atoms with Crippen LogP contribution in [0.25, 0.3) is 0 Å². The first kappa shape index (κ1) is 69.0. The number of rotatable bonds is 58. The molecule has 0 aliphatic carbocycles. The number of nitrogens with zero attached hydrogens (tertiary/aromatic N) is 1. The third-order valence-corrected chi connectivity index (χ3v) is 14.0. The van der Waals surface area contributed by atoms with E-state index < -0.39 is 18.4 Å². The number of carbonyl (C=O) groups excluding carboxylic acids is 2. The lowest BCUT2D eigenvalue weighted by molar-refractivity contribution is -0.870. The van der Waals surface area contributed by atoms with Crippen LogP contribution >= 0.6 is 0 Å². The number of unbranched alkanes of at least 4 members (excludes halogenated alkanes) is 41. The number of allylic oxidation sites excluding steroid dienone is 2. The minimum absolute atomic E-state index is 0.175. The first-order chi connectivity index (χ1) is 34.6. The van der Waals surface area contributed by atoms with Crippen molar-refractivity contribution in [2.75, 3.05) is 47.5 Å². The highest BCUT2D eigenvalue weighted by atomic mass is 16.7. The monoisotopic (exact) mass is 1010 g/mol. The van der Waals surface area contributed by atoms with E-state index in [0.717, 1.165) is 38.5 Å². The predicted molar refractivity (Wildman–Crippen MR) is 300 cm³/mol. The standard InChI is InChI=1S/C62H119NO8/c1-6-8-10-12-14-16-17-18-19-20-21-22-23-24-25-26-27-28-29-30-31-32-33-34-35-36-37-38-39-40-41-42-43-45-47-49-51-53-60(65)71-58(57-70-62(61(66)67)68-55-54-63(3,4)5)56-69-59(64)52-50-48-46-44-15-13-11-9-7-2/h20-21,58,62H,6-19,22-57H2,1-5H3/p+1/b21-20-. The van der Waals surface area contributed by atoms with Crippen molar-refractivity contribution in [1.29, 1.82) is 0 Å². The van der Waals surface area contributed by atoms with Crippen molar-refractivity contribution in [3.05, 3.63) is 12.2 Å². The first-order valence-electron chi connectivity index (χ1n) is 30.9. The van der Waals surface area contributed by atoms with E-state index in [1.54, 1.807) is 0 Å². The first-order valence-corrected chi connectivity index (χ1v) is 30.9. The summed E-state index contributed by atoms with van der Waals surface area (Å²) in [5.74, 6) is -1.99. The number of carboxylic acids is 1. The van der Waals surface area contributed by atoms with E-state index in [1.807, 2.05) is 21.1 Å². The van der Waals surface area contributed by atoms with Crippen LogP contribution in [0.4, 0.5) is 0 Å². The van der Waals surface area contributed by atoms with Crippen LogP contribution in [0.2, 0.25) is 0 Å². The topological polar surface area (TPSA) is 108 Å². The van der Waals surface area contributed by atoms with Crippen LogP contribution in [0.15, 0.2) is 12.2 Å². The van der Waals surface area contributed by atoms with Crippen molar-refractivity contribution < 1.29 is 42.9 Å². The number of ether oxygens (including phenoxy) is 4. The van der Waals surface area contributed by atoms with Crippen molar-refractivity contribution in [1.82, 2.24) is 0 Å². The van der Waals surface area contributed by atoms with Gasteiger partial charge in [-0.15, -0.1) is 0 Å². The minimum atomic E-state index is -1.50. The number of carbonyl (C=O) groups is 3. The number of hydrogen-bond acceptors (Lipinski definition) is 7. The molecular formula is C62H120NO8+. The smallest absolute Gasteiger partial charge is 0.361 e. The van der Waals surface area contributed by atoms with Crippen molar-refractivity contribution in [3.8, 4) is 0 Å². The number of hydrogen-bond donors (Lipinski definition) is 1. The number of likely N-dealkylation sites (N-methyl/N-ethyl adjacent to an activating group) is 1. The second kappa shape index (κ2) is 54.3. The van der Waals surface area contributed by atoms with Crippen molar-refractivity contribution in [3.63, 3.8) is 0 Å². The van der Waals surface area contributed by atoms with Gasteiger partial charge in [0.25, 0.3) is 6.29 Å². The van der Waals surface area contributed by atoms with Crippen molar-refractivity contribution >= 4 is 17.9 Å². The summed E-state index contributed by atoms with van der Waals surface area (Å²) >= 11 is 0. The molecule has 9 heteroatoms. The fourth-order valence-electron chi connectivity index (χ4n) is 9.25. The van der Waals surface area contributed by atoms with Gasteiger partial charge in [0.2, 0.25) is 0 Å². The Labute approximate surface area is 440 Å². The molecule has 0 heterocycles. The maximum atomic E-state index is 12.8. The lowest BCUT2D eigenvalue weighted by Gasteiger charge is -2.25. The normalized spacial score (nSPS) is 12.7. The van der Waals surface area contributed by atoms with E-state index in [-0.39, 0.29) is 38.2 Å². The van der Waals surface area contributed by atoms with Gasteiger partial charge in [-0.2, -0.15) is 0 Å². The summed E-state index contributed by atoms with van der Waals surface area (Å²) in [6, 6.07) is 0. The molecule has 0 aromatic carbocycles. The van der Waals surface area contributed by atoms with Crippen LogP contribution < -0.4 is 0 Å². The highest BCUT2D eigenvalue weighted by molar-refractivity contribution is 5.71. The van der Waals surface area contributed by atoms with Gasteiger partial charge in [0, 0.05) is 12.8 Å². The Morgan fingerprint density at radius 3 is 1.04 bits per heavy atom. The minimum Gasteiger partial charge on any atom is -0.477 e. The second-order valence-electron chi connectivity index (χ2n) is 22.4. The van der Waals surface area contributed by atoms with Crippen LogP contribution in [-0.4, -0.2) is 87.4 Å². The molecule has 0 saturated heterocycles. The third-order valence-electron chi connectivity index (χ3n) is 14.0. The summed E-state index contributed by atoms with van der Waals surface area (Å²) in [6.45, 7) is 4.89. The highest BCUT2D eigenvalue weighted by Gasteiger charge is 2.25. The van der Waals surface area contributed by atoms with E-state index in [1.165, 1.54) is 244 Å². The molecule has 2 unspecified atom stereocenters. The molecule has 0 bridgehead atoms. The van der Waals surface area contributed by atoms with Crippen LogP contribution in [0.1, 0.15) is 309 Å². The molecule has 0 aromatic rings. The molecule has 0 amide bonds. The SMILES string of the molecule is CCCCCCCCCC/C=C\CCCCCCCCCCCCCCCCCCCCCCCCCCCC(=O)OC(COC(=O)CCCCCCCCCCC)COC(OCC[N+](C)(C)C)C(=O)O. The summed E-state index contributed by atoms with van der Waals surface area (Å²) in [4.78, 5) is 37.2. The van der Waals surface area contributed by atoms with Crippen LogP contribution in [-0.2, 0) is 33.3 Å².